The minimum atomic E-state index is 0.601. The second-order valence-electron chi connectivity index (χ2n) is 4.90. The van der Waals surface area contributed by atoms with Crippen molar-refractivity contribution in [1.29, 1.82) is 0 Å². The Morgan fingerprint density at radius 3 is 2.25 bits per heavy atom. The van der Waals surface area contributed by atoms with E-state index in [4.69, 9.17) is 17.3 Å². The summed E-state index contributed by atoms with van der Waals surface area (Å²) in [6.45, 7) is 5.29. The summed E-state index contributed by atoms with van der Waals surface area (Å²) in [6.07, 6.45) is 3.55. The highest BCUT2D eigenvalue weighted by molar-refractivity contribution is 6.30. The van der Waals surface area contributed by atoms with Crippen molar-refractivity contribution in [3.63, 3.8) is 0 Å². The van der Waals surface area contributed by atoms with Crippen LogP contribution in [-0.4, -0.2) is 6.54 Å². The van der Waals surface area contributed by atoms with Crippen molar-refractivity contribution >= 4 is 11.6 Å². The molecule has 1 atom stereocenters. The van der Waals surface area contributed by atoms with Gasteiger partial charge in [0, 0.05) is 5.02 Å². The molecule has 0 aromatic heterocycles. The minimum Gasteiger partial charge on any atom is -0.330 e. The van der Waals surface area contributed by atoms with Gasteiger partial charge < -0.3 is 5.73 Å². The maximum absolute atomic E-state index is 5.86. The van der Waals surface area contributed by atoms with Crippen LogP contribution in [-0.2, 0) is 6.42 Å². The first-order chi connectivity index (χ1) is 7.61. The number of hydrogen-bond acceptors (Lipinski definition) is 1. The molecule has 0 radical (unpaired) electrons. The lowest BCUT2D eigenvalue weighted by atomic mass is 9.92. The maximum atomic E-state index is 5.86. The molecule has 90 valence electrons. The summed E-state index contributed by atoms with van der Waals surface area (Å²) >= 11 is 5.86. The van der Waals surface area contributed by atoms with Crippen LogP contribution in [0, 0.1) is 11.8 Å². The van der Waals surface area contributed by atoms with Gasteiger partial charge in [-0.2, -0.15) is 0 Å². The molecule has 1 aromatic carbocycles. The first-order valence-corrected chi connectivity index (χ1v) is 6.44. The number of hydrogen-bond donors (Lipinski definition) is 1. The largest absolute Gasteiger partial charge is 0.330 e. The molecule has 0 aliphatic rings. The van der Waals surface area contributed by atoms with Gasteiger partial charge in [0.15, 0.2) is 0 Å². The number of halogens is 1. The third-order valence-electron chi connectivity index (χ3n) is 2.92. The van der Waals surface area contributed by atoms with Gasteiger partial charge in [0.2, 0.25) is 0 Å². The van der Waals surface area contributed by atoms with E-state index in [-0.39, 0.29) is 0 Å². The van der Waals surface area contributed by atoms with E-state index >= 15 is 0 Å². The average Bonchev–Trinajstić information content (AvgIpc) is 2.26. The molecule has 0 amide bonds. The highest BCUT2D eigenvalue weighted by Gasteiger charge is 2.08. The fourth-order valence-corrected chi connectivity index (χ4v) is 1.95. The van der Waals surface area contributed by atoms with Gasteiger partial charge >= 0.3 is 0 Å². The van der Waals surface area contributed by atoms with E-state index in [0.29, 0.717) is 5.92 Å². The van der Waals surface area contributed by atoms with Gasteiger partial charge in [0.1, 0.15) is 0 Å². The third kappa shape index (κ3) is 5.00. The van der Waals surface area contributed by atoms with Crippen molar-refractivity contribution in [2.75, 3.05) is 6.54 Å². The third-order valence-corrected chi connectivity index (χ3v) is 3.18. The summed E-state index contributed by atoms with van der Waals surface area (Å²) in [4.78, 5) is 0. The molecular weight excluding hydrogens is 218 g/mol. The van der Waals surface area contributed by atoms with Crippen LogP contribution in [0.1, 0.15) is 32.3 Å². The van der Waals surface area contributed by atoms with Crippen molar-refractivity contribution in [2.24, 2.45) is 17.6 Å². The lowest BCUT2D eigenvalue weighted by Gasteiger charge is -2.16. The molecule has 2 heteroatoms. The van der Waals surface area contributed by atoms with Crippen molar-refractivity contribution in [1.82, 2.24) is 0 Å². The number of nitrogens with two attached hydrogens (primary N) is 1. The summed E-state index contributed by atoms with van der Waals surface area (Å²) in [5, 5.41) is 0.801. The topological polar surface area (TPSA) is 26.0 Å². The second kappa shape index (κ2) is 6.93. The van der Waals surface area contributed by atoms with Crippen molar-refractivity contribution in [2.45, 2.75) is 33.1 Å². The summed E-state index contributed by atoms with van der Waals surface area (Å²) in [5.74, 6) is 1.36. The van der Waals surface area contributed by atoms with Crippen LogP contribution in [0.4, 0.5) is 0 Å². The van der Waals surface area contributed by atoms with E-state index < -0.39 is 0 Å². The molecule has 0 spiro atoms. The fourth-order valence-electron chi connectivity index (χ4n) is 1.83. The first kappa shape index (κ1) is 13.5. The van der Waals surface area contributed by atoms with Gasteiger partial charge in [-0.25, -0.2) is 0 Å². The molecule has 1 unspecified atom stereocenters. The van der Waals surface area contributed by atoms with E-state index in [2.05, 4.69) is 26.0 Å². The summed E-state index contributed by atoms with van der Waals surface area (Å²) in [6, 6.07) is 8.10. The predicted molar refractivity (Wildman–Crippen MR) is 71.8 cm³/mol. The lowest BCUT2D eigenvalue weighted by molar-refractivity contribution is 0.428. The van der Waals surface area contributed by atoms with Gasteiger partial charge in [-0.05, 0) is 48.9 Å². The Morgan fingerprint density at radius 2 is 1.75 bits per heavy atom. The van der Waals surface area contributed by atoms with Crippen LogP contribution in [0.2, 0.25) is 5.02 Å². The molecule has 1 aromatic rings. The molecule has 0 heterocycles. The molecular formula is C14H22ClN. The quantitative estimate of drug-likeness (QED) is 0.801. The standard InChI is InChI=1S/C14H22ClN/c1-11(2)3-4-13(10-16)9-12-5-7-14(15)8-6-12/h5-8,11,13H,3-4,9-10,16H2,1-2H3. The Bertz CT molecular complexity index is 292. The lowest BCUT2D eigenvalue weighted by Crippen LogP contribution is -2.17. The van der Waals surface area contributed by atoms with Crippen LogP contribution in [0.3, 0.4) is 0 Å². The van der Waals surface area contributed by atoms with E-state index in [1.165, 1.54) is 18.4 Å². The molecule has 0 aliphatic heterocycles. The summed E-state index contributed by atoms with van der Waals surface area (Å²) in [7, 11) is 0. The molecule has 0 fully saturated rings. The second-order valence-corrected chi connectivity index (χ2v) is 5.34. The van der Waals surface area contributed by atoms with Crippen LogP contribution >= 0.6 is 11.6 Å². The van der Waals surface area contributed by atoms with Gasteiger partial charge in [-0.3, -0.25) is 0 Å². The molecule has 16 heavy (non-hydrogen) atoms. The van der Waals surface area contributed by atoms with Crippen LogP contribution in [0.15, 0.2) is 24.3 Å². The Balaban J connectivity index is 2.46. The minimum absolute atomic E-state index is 0.601. The highest BCUT2D eigenvalue weighted by Crippen LogP contribution is 2.18. The van der Waals surface area contributed by atoms with Crippen LogP contribution in [0.5, 0.6) is 0 Å². The Morgan fingerprint density at radius 1 is 1.12 bits per heavy atom. The SMILES string of the molecule is CC(C)CCC(CN)Cc1ccc(Cl)cc1. The smallest absolute Gasteiger partial charge is 0.0406 e. The molecule has 1 nitrogen and oxygen atoms in total. The zero-order valence-electron chi connectivity index (χ0n) is 10.2. The summed E-state index contributed by atoms with van der Waals surface area (Å²) < 4.78 is 0. The van der Waals surface area contributed by atoms with Crippen LogP contribution in [0.25, 0.3) is 0 Å². The Hall–Kier alpha value is -0.530. The summed E-state index contributed by atoms with van der Waals surface area (Å²) in [5.41, 5.74) is 7.15. The van der Waals surface area contributed by atoms with E-state index in [9.17, 15) is 0 Å². The zero-order valence-corrected chi connectivity index (χ0v) is 11.0. The zero-order chi connectivity index (χ0) is 12.0. The fraction of sp³-hybridized carbons (Fsp3) is 0.571. The predicted octanol–water partition coefficient (Wildman–Crippen LogP) is 3.89. The van der Waals surface area contributed by atoms with Gasteiger partial charge in [-0.1, -0.05) is 44.0 Å². The Labute approximate surface area is 104 Å². The van der Waals surface area contributed by atoms with E-state index in [0.717, 1.165) is 23.9 Å². The first-order valence-electron chi connectivity index (χ1n) is 6.06. The molecule has 2 N–H and O–H groups in total. The number of rotatable bonds is 6. The molecule has 0 aliphatic carbocycles. The monoisotopic (exact) mass is 239 g/mol. The molecule has 0 saturated carbocycles. The highest BCUT2D eigenvalue weighted by atomic mass is 35.5. The maximum Gasteiger partial charge on any atom is 0.0406 e. The van der Waals surface area contributed by atoms with Gasteiger partial charge in [-0.15, -0.1) is 0 Å². The van der Waals surface area contributed by atoms with Crippen LogP contribution < -0.4 is 5.73 Å². The van der Waals surface area contributed by atoms with E-state index in [1.54, 1.807) is 0 Å². The van der Waals surface area contributed by atoms with Gasteiger partial charge in [0.05, 0.1) is 0 Å². The van der Waals surface area contributed by atoms with Gasteiger partial charge in [0.25, 0.3) is 0 Å². The number of benzene rings is 1. The normalized spacial score (nSPS) is 13.1. The molecule has 1 rings (SSSR count). The van der Waals surface area contributed by atoms with E-state index in [1.807, 2.05) is 12.1 Å². The van der Waals surface area contributed by atoms with Crippen molar-refractivity contribution in [3.05, 3.63) is 34.9 Å². The van der Waals surface area contributed by atoms with Crippen molar-refractivity contribution < 1.29 is 0 Å². The van der Waals surface area contributed by atoms with Crippen molar-refractivity contribution in [3.8, 4) is 0 Å². The average molecular weight is 240 g/mol. The molecule has 0 saturated heterocycles. The molecule has 0 bridgehead atoms. The Kier molecular flexibility index (Phi) is 5.86.